The Morgan fingerprint density at radius 1 is 1.54 bits per heavy atom. The van der Waals surface area contributed by atoms with Crippen LogP contribution in [0, 0.1) is 0 Å². The highest BCUT2D eigenvalue weighted by atomic mass is 16.6. The molecule has 1 aromatic rings. The second-order valence-electron chi connectivity index (χ2n) is 2.68. The first kappa shape index (κ1) is 8.07. The molecule has 1 N–H and O–H groups in total. The first-order valence-corrected chi connectivity index (χ1v) is 3.80. The number of aliphatic hydroxyl groups is 1. The van der Waals surface area contributed by atoms with Gasteiger partial charge in [-0.3, -0.25) is 0 Å². The van der Waals surface area contributed by atoms with Gasteiger partial charge in [-0.2, -0.15) is 0 Å². The molecule has 1 aromatic carbocycles. The van der Waals surface area contributed by atoms with Crippen molar-refractivity contribution in [3.05, 3.63) is 29.3 Å². The molecule has 2 rings (SSSR count). The van der Waals surface area contributed by atoms with Crippen molar-refractivity contribution in [2.24, 2.45) is 0 Å². The molecular weight excluding hydrogens is 172 g/mol. The Morgan fingerprint density at radius 2 is 2.31 bits per heavy atom. The van der Waals surface area contributed by atoms with Gasteiger partial charge in [-0.05, 0) is 12.1 Å². The maximum atomic E-state index is 11.1. The van der Waals surface area contributed by atoms with E-state index in [9.17, 15) is 9.90 Å². The van der Waals surface area contributed by atoms with Gasteiger partial charge in [0.25, 0.3) is 0 Å². The second-order valence-corrected chi connectivity index (χ2v) is 2.68. The summed E-state index contributed by atoms with van der Waals surface area (Å²) in [5.41, 5.74) is 0.779. The Balaban J connectivity index is 2.62. The Hall–Kier alpha value is -1.55. The highest BCUT2D eigenvalue weighted by Gasteiger charge is 2.32. The number of aliphatic hydroxyl groups excluding tert-OH is 1. The molecule has 1 aliphatic heterocycles. The van der Waals surface area contributed by atoms with Crippen molar-refractivity contribution >= 4 is 5.97 Å². The van der Waals surface area contributed by atoms with Crippen LogP contribution in [-0.4, -0.2) is 18.2 Å². The van der Waals surface area contributed by atoms with Crippen molar-refractivity contribution in [2.75, 3.05) is 7.11 Å². The molecule has 0 aliphatic carbocycles. The topological polar surface area (TPSA) is 55.8 Å². The van der Waals surface area contributed by atoms with Gasteiger partial charge in [0, 0.05) is 0 Å². The highest BCUT2D eigenvalue weighted by molar-refractivity contribution is 5.94. The van der Waals surface area contributed by atoms with Crippen LogP contribution < -0.4 is 4.74 Å². The average molecular weight is 180 g/mol. The predicted octanol–water partition coefficient (Wildman–Crippen LogP) is 0.856. The third-order valence-electron chi connectivity index (χ3n) is 1.97. The zero-order valence-corrected chi connectivity index (χ0v) is 6.98. The molecule has 0 bridgehead atoms. The van der Waals surface area contributed by atoms with Crippen LogP contribution >= 0.6 is 0 Å². The van der Waals surface area contributed by atoms with E-state index in [2.05, 4.69) is 4.74 Å². The summed E-state index contributed by atoms with van der Waals surface area (Å²) in [7, 11) is 1.48. The quantitative estimate of drug-likeness (QED) is 0.651. The summed E-state index contributed by atoms with van der Waals surface area (Å²) in [4.78, 5) is 11.1. The summed E-state index contributed by atoms with van der Waals surface area (Å²) in [5.74, 6) is -0.0442. The molecule has 0 amide bonds. The maximum absolute atomic E-state index is 11.1. The van der Waals surface area contributed by atoms with Crippen molar-refractivity contribution in [1.29, 1.82) is 0 Å². The number of carbonyl (C=O) groups excluding carboxylic acids is 1. The number of carbonyl (C=O) groups is 1. The Labute approximate surface area is 74.7 Å². The third kappa shape index (κ3) is 1.07. The molecule has 1 heterocycles. The van der Waals surface area contributed by atoms with Crippen LogP contribution in [0.1, 0.15) is 22.2 Å². The van der Waals surface area contributed by atoms with Crippen LogP contribution in [0.5, 0.6) is 5.75 Å². The largest absolute Gasteiger partial charge is 0.496 e. The van der Waals surface area contributed by atoms with Crippen LogP contribution in [0.25, 0.3) is 0 Å². The van der Waals surface area contributed by atoms with Gasteiger partial charge in [0.05, 0.1) is 18.2 Å². The molecule has 0 saturated carbocycles. The molecule has 1 atom stereocenters. The number of rotatable bonds is 1. The van der Waals surface area contributed by atoms with Crippen molar-refractivity contribution in [3.8, 4) is 5.75 Å². The number of esters is 1. The first-order valence-electron chi connectivity index (χ1n) is 3.80. The fourth-order valence-electron chi connectivity index (χ4n) is 1.38. The van der Waals surface area contributed by atoms with Crippen molar-refractivity contribution in [3.63, 3.8) is 0 Å². The lowest BCUT2D eigenvalue weighted by molar-refractivity contribution is -0.0555. The molecule has 0 spiro atoms. The minimum absolute atomic E-state index is 0.367. The number of ether oxygens (including phenoxy) is 2. The van der Waals surface area contributed by atoms with Crippen LogP contribution in [-0.2, 0) is 4.74 Å². The fraction of sp³-hybridized carbons (Fsp3) is 0.222. The SMILES string of the molecule is COc1cccc2c1C(O)OC2=O. The van der Waals surface area contributed by atoms with Gasteiger partial charge in [-0.15, -0.1) is 0 Å². The predicted molar refractivity (Wildman–Crippen MR) is 43.4 cm³/mol. The number of benzene rings is 1. The Kier molecular flexibility index (Phi) is 1.70. The van der Waals surface area contributed by atoms with E-state index in [1.807, 2.05) is 0 Å². The van der Waals surface area contributed by atoms with E-state index in [4.69, 9.17) is 4.74 Å². The summed E-state index contributed by atoms with van der Waals surface area (Å²) >= 11 is 0. The summed E-state index contributed by atoms with van der Waals surface area (Å²) in [6.45, 7) is 0. The Bertz CT molecular complexity index is 359. The monoisotopic (exact) mass is 180 g/mol. The highest BCUT2D eigenvalue weighted by Crippen LogP contribution is 2.35. The van der Waals surface area contributed by atoms with E-state index in [0.29, 0.717) is 16.9 Å². The molecular formula is C9H8O4. The molecule has 13 heavy (non-hydrogen) atoms. The molecule has 4 heteroatoms. The summed E-state index contributed by atoms with van der Waals surface area (Å²) in [6, 6.07) is 4.94. The summed E-state index contributed by atoms with van der Waals surface area (Å²) in [5, 5.41) is 9.34. The van der Waals surface area contributed by atoms with Crippen molar-refractivity contribution in [2.45, 2.75) is 6.29 Å². The minimum atomic E-state index is -1.20. The lowest BCUT2D eigenvalue weighted by Gasteiger charge is -2.06. The zero-order valence-electron chi connectivity index (χ0n) is 6.98. The van der Waals surface area contributed by atoms with E-state index >= 15 is 0 Å². The van der Waals surface area contributed by atoms with Crippen LogP contribution in [0.3, 0.4) is 0 Å². The van der Waals surface area contributed by atoms with E-state index in [-0.39, 0.29) is 0 Å². The molecule has 0 fully saturated rings. The van der Waals surface area contributed by atoms with Crippen molar-refractivity contribution in [1.82, 2.24) is 0 Å². The standard InChI is InChI=1S/C9H8O4/c1-12-6-4-2-3-5-7(6)9(11)13-8(5)10/h2-4,9,11H,1H3. The smallest absolute Gasteiger partial charge is 0.341 e. The second kappa shape index (κ2) is 2.74. The number of hydrogen-bond acceptors (Lipinski definition) is 4. The summed E-state index contributed by atoms with van der Waals surface area (Å²) in [6.07, 6.45) is -1.20. The molecule has 0 aromatic heterocycles. The molecule has 4 nitrogen and oxygen atoms in total. The molecule has 0 saturated heterocycles. The van der Waals surface area contributed by atoms with E-state index < -0.39 is 12.3 Å². The number of hydrogen-bond donors (Lipinski definition) is 1. The van der Waals surface area contributed by atoms with Gasteiger partial charge in [-0.1, -0.05) is 6.07 Å². The molecule has 0 radical (unpaired) electrons. The maximum Gasteiger partial charge on any atom is 0.341 e. The van der Waals surface area contributed by atoms with Crippen LogP contribution in [0.15, 0.2) is 18.2 Å². The lowest BCUT2D eigenvalue weighted by atomic mass is 10.1. The van der Waals surface area contributed by atoms with Crippen LogP contribution in [0.2, 0.25) is 0 Å². The van der Waals surface area contributed by atoms with Gasteiger partial charge in [0.2, 0.25) is 6.29 Å². The summed E-state index contributed by atoms with van der Waals surface area (Å²) < 4.78 is 9.59. The Morgan fingerprint density at radius 3 is 3.00 bits per heavy atom. The average Bonchev–Trinajstić information content (AvgIpc) is 2.43. The van der Waals surface area contributed by atoms with Gasteiger partial charge >= 0.3 is 5.97 Å². The van der Waals surface area contributed by atoms with E-state index in [1.54, 1.807) is 18.2 Å². The van der Waals surface area contributed by atoms with Gasteiger partial charge in [0.1, 0.15) is 5.75 Å². The van der Waals surface area contributed by atoms with Gasteiger partial charge in [0.15, 0.2) is 0 Å². The minimum Gasteiger partial charge on any atom is -0.496 e. The fourth-order valence-corrected chi connectivity index (χ4v) is 1.38. The van der Waals surface area contributed by atoms with Gasteiger partial charge in [-0.25, -0.2) is 4.79 Å². The van der Waals surface area contributed by atoms with Crippen molar-refractivity contribution < 1.29 is 19.4 Å². The zero-order chi connectivity index (χ0) is 9.42. The van der Waals surface area contributed by atoms with Gasteiger partial charge < -0.3 is 14.6 Å². The number of methoxy groups -OCH3 is 1. The molecule has 1 aliphatic rings. The number of fused-ring (bicyclic) bond motifs is 1. The van der Waals surface area contributed by atoms with E-state index in [0.717, 1.165) is 0 Å². The number of cyclic esters (lactones) is 1. The third-order valence-corrected chi connectivity index (χ3v) is 1.97. The first-order chi connectivity index (χ1) is 6.24. The van der Waals surface area contributed by atoms with Crippen LogP contribution in [0.4, 0.5) is 0 Å². The normalized spacial score (nSPS) is 19.5. The lowest BCUT2D eigenvalue weighted by Crippen LogP contribution is -1.97. The molecule has 68 valence electrons. The van der Waals surface area contributed by atoms with E-state index in [1.165, 1.54) is 7.11 Å². The molecule has 1 unspecified atom stereocenters.